The first kappa shape index (κ1) is 14.8. The van der Waals surface area contributed by atoms with Gasteiger partial charge in [-0.05, 0) is 32.9 Å². The molecule has 0 radical (unpaired) electrons. The zero-order valence-electron chi connectivity index (χ0n) is 12.7. The minimum absolute atomic E-state index is 0.140. The van der Waals surface area contributed by atoms with Crippen LogP contribution in [0.4, 0.5) is 4.39 Å². The second kappa shape index (κ2) is 4.98. The molecule has 0 bridgehead atoms. The number of aromatic nitrogens is 5. The molecule has 0 fully saturated rings. The van der Waals surface area contributed by atoms with Gasteiger partial charge in [-0.2, -0.15) is 5.10 Å². The van der Waals surface area contributed by atoms with E-state index in [1.165, 1.54) is 13.8 Å². The van der Waals surface area contributed by atoms with Crippen molar-refractivity contribution in [3.63, 3.8) is 0 Å². The molecular formula is C15H15ClFN5. The Balaban J connectivity index is 2.28. The summed E-state index contributed by atoms with van der Waals surface area (Å²) in [5.74, 6) is 0.140. The standard InChI is InChI=1S/C15H15ClFN5/c1-8-5-10(20-14(19-8)15(2,3)17)13-9-6-12(16)18-7-11(9)22(4)21-13/h5-7H,1-4H3. The van der Waals surface area contributed by atoms with Crippen molar-refractivity contribution in [1.82, 2.24) is 24.7 Å². The van der Waals surface area contributed by atoms with Crippen LogP contribution in [0, 0.1) is 6.92 Å². The van der Waals surface area contributed by atoms with Crippen LogP contribution in [0.1, 0.15) is 25.4 Å². The summed E-state index contributed by atoms with van der Waals surface area (Å²) in [7, 11) is 1.81. The molecule has 0 atom stereocenters. The number of halogens is 2. The van der Waals surface area contributed by atoms with Crippen LogP contribution in [-0.2, 0) is 12.7 Å². The van der Waals surface area contributed by atoms with Gasteiger partial charge in [0.25, 0.3) is 0 Å². The molecule has 22 heavy (non-hydrogen) atoms. The van der Waals surface area contributed by atoms with Gasteiger partial charge < -0.3 is 0 Å². The first-order chi connectivity index (χ1) is 10.3. The molecule has 0 aliphatic rings. The molecule has 5 nitrogen and oxygen atoms in total. The van der Waals surface area contributed by atoms with Gasteiger partial charge in [-0.1, -0.05) is 11.6 Å². The monoisotopic (exact) mass is 319 g/mol. The summed E-state index contributed by atoms with van der Waals surface area (Å²) in [5.41, 5.74) is 1.10. The van der Waals surface area contributed by atoms with E-state index in [1.54, 1.807) is 29.9 Å². The topological polar surface area (TPSA) is 56.5 Å². The van der Waals surface area contributed by atoms with Gasteiger partial charge in [0.2, 0.25) is 0 Å². The van der Waals surface area contributed by atoms with Gasteiger partial charge >= 0.3 is 0 Å². The summed E-state index contributed by atoms with van der Waals surface area (Å²) < 4.78 is 15.9. The predicted octanol–water partition coefficient (Wildman–Crippen LogP) is 3.59. The number of aryl methyl sites for hydroxylation is 2. The van der Waals surface area contributed by atoms with Crippen LogP contribution in [0.15, 0.2) is 18.3 Å². The van der Waals surface area contributed by atoms with Crippen LogP contribution in [0.5, 0.6) is 0 Å². The number of fused-ring (bicyclic) bond motifs is 1. The third-order valence-corrected chi connectivity index (χ3v) is 3.54. The number of nitrogens with zero attached hydrogens (tertiary/aromatic N) is 5. The van der Waals surface area contributed by atoms with Crippen LogP contribution in [0.2, 0.25) is 5.15 Å². The number of hydrogen-bond donors (Lipinski definition) is 0. The maximum Gasteiger partial charge on any atom is 0.166 e. The van der Waals surface area contributed by atoms with Crippen molar-refractivity contribution >= 4 is 22.5 Å². The number of hydrogen-bond acceptors (Lipinski definition) is 4. The Morgan fingerprint density at radius 2 is 1.95 bits per heavy atom. The molecule has 0 saturated carbocycles. The Bertz CT molecular complexity index is 866. The lowest BCUT2D eigenvalue weighted by molar-refractivity contribution is 0.206. The van der Waals surface area contributed by atoms with Crippen molar-refractivity contribution in [3.8, 4) is 11.4 Å². The minimum Gasteiger partial charge on any atom is -0.266 e. The second-order valence-corrected chi connectivity index (χ2v) is 6.07. The van der Waals surface area contributed by atoms with Gasteiger partial charge in [-0.25, -0.2) is 19.3 Å². The average molecular weight is 320 g/mol. The van der Waals surface area contributed by atoms with Crippen LogP contribution in [-0.4, -0.2) is 24.7 Å². The molecule has 3 aromatic heterocycles. The average Bonchev–Trinajstić information content (AvgIpc) is 2.74. The molecule has 7 heteroatoms. The summed E-state index contributed by atoms with van der Waals surface area (Å²) in [6.45, 7) is 4.67. The van der Waals surface area contributed by atoms with E-state index in [1.807, 2.05) is 7.05 Å². The zero-order chi connectivity index (χ0) is 16.1. The highest BCUT2D eigenvalue weighted by atomic mass is 35.5. The van der Waals surface area contributed by atoms with Crippen LogP contribution in [0.25, 0.3) is 22.3 Å². The van der Waals surface area contributed by atoms with Crippen molar-refractivity contribution in [2.75, 3.05) is 0 Å². The van der Waals surface area contributed by atoms with Gasteiger partial charge in [-0.3, -0.25) is 4.68 Å². The quantitative estimate of drug-likeness (QED) is 0.677. The molecule has 0 unspecified atom stereocenters. The van der Waals surface area contributed by atoms with Crippen molar-refractivity contribution in [2.45, 2.75) is 26.4 Å². The third kappa shape index (κ3) is 2.54. The SMILES string of the molecule is Cc1cc(-c2nn(C)c3cnc(Cl)cc23)nc(C(C)(C)F)n1. The molecule has 114 valence electrons. The van der Waals surface area contributed by atoms with E-state index < -0.39 is 5.67 Å². The Morgan fingerprint density at radius 3 is 2.64 bits per heavy atom. The molecule has 0 N–H and O–H groups in total. The fourth-order valence-corrected chi connectivity index (χ4v) is 2.43. The van der Waals surface area contributed by atoms with Gasteiger partial charge in [0, 0.05) is 18.1 Å². The third-order valence-electron chi connectivity index (χ3n) is 3.33. The van der Waals surface area contributed by atoms with Crippen molar-refractivity contribution in [1.29, 1.82) is 0 Å². The summed E-state index contributed by atoms with van der Waals surface area (Å²) in [6, 6.07) is 3.52. The van der Waals surface area contributed by atoms with Crippen LogP contribution in [0.3, 0.4) is 0 Å². The van der Waals surface area contributed by atoms with E-state index in [-0.39, 0.29) is 5.82 Å². The maximum atomic E-state index is 14.2. The van der Waals surface area contributed by atoms with Crippen molar-refractivity contribution in [3.05, 3.63) is 35.0 Å². The molecule has 3 rings (SSSR count). The zero-order valence-corrected chi connectivity index (χ0v) is 13.5. The van der Waals surface area contributed by atoms with Gasteiger partial charge in [0.05, 0.1) is 17.4 Å². The van der Waals surface area contributed by atoms with E-state index in [2.05, 4.69) is 20.1 Å². The Morgan fingerprint density at radius 1 is 1.23 bits per heavy atom. The summed E-state index contributed by atoms with van der Waals surface area (Å²) in [6.07, 6.45) is 1.65. The molecule has 0 spiro atoms. The first-order valence-electron chi connectivity index (χ1n) is 6.79. The fraction of sp³-hybridized carbons (Fsp3) is 0.333. The molecule has 0 saturated heterocycles. The summed E-state index contributed by atoms with van der Waals surface area (Å²) >= 11 is 5.98. The number of alkyl halides is 1. The van der Waals surface area contributed by atoms with E-state index in [9.17, 15) is 4.39 Å². The molecule has 3 heterocycles. The predicted molar refractivity (Wildman–Crippen MR) is 83.4 cm³/mol. The Hall–Kier alpha value is -2.08. The highest BCUT2D eigenvalue weighted by Crippen LogP contribution is 2.30. The minimum atomic E-state index is -1.62. The molecule has 0 amide bonds. The highest BCUT2D eigenvalue weighted by Gasteiger charge is 2.24. The van der Waals surface area contributed by atoms with Gasteiger partial charge in [0.1, 0.15) is 10.8 Å². The lowest BCUT2D eigenvalue weighted by Gasteiger charge is -2.13. The smallest absolute Gasteiger partial charge is 0.166 e. The van der Waals surface area contributed by atoms with Crippen molar-refractivity contribution in [2.24, 2.45) is 7.05 Å². The molecule has 0 aromatic carbocycles. The lowest BCUT2D eigenvalue weighted by atomic mass is 10.1. The van der Waals surface area contributed by atoms with Crippen LogP contribution >= 0.6 is 11.6 Å². The number of rotatable bonds is 2. The van der Waals surface area contributed by atoms with E-state index in [0.717, 1.165) is 10.9 Å². The molecule has 0 aliphatic heterocycles. The maximum absolute atomic E-state index is 14.2. The number of pyridine rings is 1. The first-order valence-corrected chi connectivity index (χ1v) is 7.17. The second-order valence-electron chi connectivity index (χ2n) is 5.69. The van der Waals surface area contributed by atoms with E-state index in [0.29, 0.717) is 22.2 Å². The summed E-state index contributed by atoms with van der Waals surface area (Å²) in [4.78, 5) is 12.6. The molecular weight excluding hydrogens is 305 g/mol. The van der Waals surface area contributed by atoms with Crippen molar-refractivity contribution < 1.29 is 4.39 Å². The summed E-state index contributed by atoms with van der Waals surface area (Å²) in [5, 5.41) is 5.67. The molecule has 3 aromatic rings. The van der Waals surface area contributed by atoms with E-state index >= 15 is 0 Å². The van der Waals surface area contributed by atoms with Crippen LogP contribution < -0.4 is 0 Å². The largest absolute Gasteiger partial charge is 0.266 e. The fourth-order valence-electron chi connectivity index (χ4n) is 2.27. The Labute approximate surface area is 132 Å². The highest BCUT2D eigenvalue weighted by molar-refractivity contribution is 6.30. The molecule has 0 aliphatic carbocycles. The van der Waals surface area contributed by atoms with E-state index in [4.69, 9.17) is 11.6 Å². The normalized spacial score (nSPS) is 12.1. The lowest BCUT2D eigenvalue weighted by Crippen LogP contribution is -2.15. The van der Waals surface area contributed by atoms with Gasteiger partial charge in [-0.15, -0.1) is 0 Å². The van der Waals surface area contributed by atoms with Gasteiger partial charge in [0.15, 0.2) is 11.5 Å². The Kier molecular flexibility index (Phi) is 3.36.